The van der Waals surface area contributed by atoms with Crippen LogP contribution < -0.4 is 14.8 Å². The molecule has 0 unspecified atom stereocenters. The molecule has 1 heterocycles. The van der Waals surface area contributed by atoms with Gasteiger partial charge in [-0.3, -0.25) is 4.79 Å². The Labute approximate surface area is 183 Å². The van der Waals surface area contributed by atoms with Crippen molar-refractivity contribution in [2.75, 3.05) is 32.4 Å². The highest BCUT2D eigenvalue weighted by Crippen LogP contribution is 2.32. The molecular formula is C21H22N4O5S. The normalized spacial score (nSPS) is 10.5. The monoisotopic (exact) mass is 442 g/mol. The zero-order valence-electron chi connectivity index (χ0n) is 17.5. The van der Waals surface area contributed by atoms with E-state index in [9.17, 15) is 9.59 Å². The van der Waals surface area contributed by atoms with Crippen molar-refractivity contribution in [2.45, 2.75) is 5.16 Å². The third kappa shape index (κ3) is 4.97. The van der Waals surface area contributed by atoms with Crippen LogP contribution in [0.5, 0.6) is 11.5 Å². The SMILES string of the molecule is COC(=O)c1ccccc1NC(=O)CSc1nnc(-c2ccc(OC)c(OC)c2)n1C. The van der Waals surface area contributed by atoms with E-state index in [1.165, 1.54) is 18.9 Å². The average molecular weight is 442 g/mol. The van der Waals surface area contributed by atoms with E-state index in [-0.39, 0.29) is 17.2 Å². The van der Waals surface area contributed by atoms with Gasteiger partial charge in [-0.25, -0.2) is 4.79 Å². The number of hydrogen-bond acceptors (Lipinski definition) is 8. The molecule has 2 aromatic carbocycles. The maximum Gasteiger partial charge on any atom is 0.339 e. The van der Waals surface area contributed by atoms with E-state index in [0.29, 0.717) is 28.2 Å². The Morgan fingerprint density at radius 1 is 1.03 bits per heavy atom. The maximum atomic E-state index is 12.4. The number of carbonyl (C=O) groups is 2. The minimum atomic E-state index is -0.517. The van der Waals surface area contributed by atoms with Crippen LogP contribution in [0.1, 0.15) is 10.4 Å². The van der Waals surface area contributed by atoms with Crippen molar-refractivity contribution in [3.63, 3.8) is 0 Å². The summed E-state index contributed by atoms with van der Waals surface area (Å²) >= 11 is 1.23. The molecule has 3 aromatic rings. The van der Waals surface area contributed by atoms with Crippen LogP contribution in [0.3, 0.4) is 0 Å². The van der Waals surface area contributed by atoms with Gasteiger partial charge >= 0.3 is 5.97 Å². The number of hydrogen-bond donors (Lipinski definition) is 1. The van der Waals surface area contributed by atoms with E-state index >= 15 is 0 Å². The predicted molar refractivity (Wildman–Crippen MR) is 117 cm³/mol. The van der Waals surface area contributed by atoms with Gasteiger partial charge in [-0.15, -0.1) is 10.2 Å². The van der Waals surface area contributed by atoms with Crippen LogP contribution in [-0.4, -0.2) is 53.7 Å². The lowest BCUT2D eigenvalue weighted by atomic mass is 10.2. The van der Waals surface area contributed by atoms with E-state index < -0.39 is 5.97 Å². The molecule has 3 rings (SSSR count). The maximum absolute atomic E-state index is 12.4. The lowest BCUT2D eigenvalue weighted by molar-refractivity contribution is -0.113. The molecule has 1 amide bonds. The quantitative estimate of drug-likeness (QED) is 0.419. The Kier molecular flexibility index (Phi) is 7.14. The van der Waals surface area contributed by atoms with Crippen molar-refractivity contribution in [1.82, 2.24) is 14.8 Å². The third-order valence-corrected chi connectivity index (χ3v) is 5.44. The van der Waals surface area contributed by atoms with Crippen LogP contribution in [0, 0.1) is 0 Å². The van der Waals surface area contributed by atoms with Crippen LogP contribution in [0.4, 0.5) is 5.69 Å². The fourth-order valence-corrected chi connectivity index (χ4v) is 3.57. The minimum Gasteiger partial charge on any atom is -0.493 e. The second-order valence-corrected chi connectivity index (χ2v) is 7.25. The Morgan fingerprint density at radius 2 is 1.77 bits per heavy atom. The number of ether oxygens (including phenoxy) is 3. The van der Waals surface area contributed by atoms with Gasteiger partial charge in [0.05, 0.1) is 38.3 Å². The van der Waals surface area contributed by atoms with Gasteiger partial charge in [0.2, 0.25) is 5.91 Å². The number of para-hydroxylation sites is 1. The van der Waals surface area contributed by atoms with Crippen LogP contribution >= 0.6 is 11.8 Å². The number of carbonyl (C=O) groups excluding carboxylic acids is 2. The summed E-state index contributed by atoms with van der Waals surface area (Å²) in [4.78, 5) is 24.3. The predicted octanol–water partition coefficient (Wildman–Crippen LogP) is 3.02. The standard InChI is InChI=1S/C21H22N4O5S/c1-25-19(13-9-10-16(28-2)17(11-13)29-3)23-24-21(25)31-12-18(26)22-15-8-6-5-7-14(15)20(27)30-4/h5-11H,12H2,1-4H3,(H,22,26). The van der Waals surface area contributed by atoms with Crippen molar-refractivity contribution in [3.8, 4) is 22.9 Å². The number of benzene rings is 2. The molecule has 0 aliphatic carbocycles. The van der Waals surface area contributed by atoms with Crippen molar-refractivity contribution in [1.29, 1.82) is 0 Å². The van der Waals surface area contributed by atoms with Gasteiger partial charge < -0.3 is 24.1 Å². The van der Waals surface area contributed by atoms with Gasteiger partial charge in [-0.2, -0.15) is 0 Å². The summed E-state index contributed by atoms with van der Waals surface area (Å²) in [6.45, 7) is 0. The van der Waals surface area contributed by atoms with Crippen LogP contribution in [0.25, 0.3) is 11.4 Å². The number of aromatic nitrogens is 3. The van der Waals surface area contributed by atoms with Gasteiger partial charge in [0.25, 0.3) is 0 Å². The number of amides is 1. The van der Waals surface area contributed by atoms with Gasteiger partial charge in [-0.05, 0) is 30.3 Å². The van der Waals surface area contributed by atoms with Gasteiger partial charge in [0, 0.05) is 12.6 Å². The number of anilines is 1. The number of rotatable bonds is 8. The molecule has 0 radical (unpaired) electrons. The molecule has 10 heteroatoms. The van der Waals surface area contributed by atoms with Crippen LogP contribution in [-0.2, 0) is 16.6 Å². The largest absolute Gasteiger partial charge is 0.493 e. The molecule has 0 aliphatic heterocycles. The topological polar surface area (TPSA) is 105 Å². The van der Waals surface area contributed by atoms with Crippen molar-refractivity contribution in [3.05, 3.63) is 48.0 Å². The van der Waals surface area contributed by atoms with Gasteiger partial charge in [0.15, 0.2) is 22.5 Å². The zero-order valence-corrected chi connectivity index (χ0v) is 18.4. The lowest BCUT2D eigenvalue weighted by Crippen LogP contribution is -2.17. The second-order valence-electron chi connectivity index (χ2n) is 6.31. The molecule has 0 saturated carbocycles. The number of thioether (sulfide) groups is 1. The summed E-state index contributed by atoms with van der Waals surface area (Å²) < 4.78 is 17.1. The van der Waals surface area contributed by atoms with Crippen molar-refractivity contribution < 1.29 is 23.8 Å². The van der Waals surface area contributed by atoms with E-state index in [2.05, 4.69) is 15.5 Å². The van der Waals surface area contributed by atoms with Crippen LogP contribution in [0.15, 0.2) is 47.6 Å². The Hall–Kier alpha value is -3.53. The Morgan fingerprint density at radius 3 is 2.48 bits per heavy atom. The van der Waals surface area contributed by atoms with E-state index in [0.717, 1.165) is 5.56 Å². The van der Waals surface area contributed by atoms with Crippen molar-refractivity contribution >= 4 is 29.3 Å². The van der Waals surface area contributed by atoms with E-state index in [4.69, 9.17) is 14.2 Å². The fraction of sp³-hybridized carbons (Fsp3) is 0.238. The number of methoxy groups -OCH3 is 3. The first-order valence-electron chi connectivity index (χ1n) is 9.20. The highest BCUT2D eigenvalue weighted by molar-refractivity contribution is 7.99. The summed E-state index contributed by atoms with van der Waals surface area (Å²) in [7, 11) is 6.25. The molecule has 31 heavy (non-hydrogen) atoms. The van der Waals surface area contributed by atoms with Crippen LogP contribution in [0.2, 0.25) is 0 Å². The molecule has 0 fully saturated rings. The molecule has 0 aliphatic rings. The van der Waals surface area contributed by atoms with Gasteiger partial charge in [0.1, 0.15) is 0 Å². The summed E-state index contributed by atoms with van der Waals surface area (Å²) in [5.74, 6) is 1.12. The first-order chi connectivity index (χ1) is 15.0. The number of nitrogens with one attached hydrogen (secondary N) is 1. The first-order valence-corrected chi connectivity index (χ1v) is 10.2. The fourth-order valence-electron chi connectivity index (χ4n) is 2.86. The number of esters is 1. The smallest absolute Gasteiger partial charge is 0.339 e. The number of nitrogens with zero attached hydrogens (tertiary/aromatic N) is 3. The first kappa shape index (κ1) is 22.2. The van der Waals surface area contributed by atoms with E-state index in [1.807, 2.05) is 19.2 Å². The Bertz CT molecular complexity index is 1100. The molecule has 9 nitrogen and oxygen atoms in total. The summed E-state index contributed by atoms with van der Waals surface area (Å²) in [5.41, 5.74) is 1.48. The van der Waals surface area contributed by atoms with Gasteiger partial charge in [-0.1, -0.05) is 23.9 Å². The third-order valence-electron chi connectivity index (χ3n) is 4.42. The molecule has 162 valence electrons. The molecule has 0 saturated heterocycles. The highest BCUT2D eigenvalue weighted by atomic mass is 32.2. The summed E-state index contributed by atoms with van der Waals surface area (Å²) in [5, 5.41) is 11.7. The van der Waals surface area contributed by atoms with Crippen molar-refractivity contribution in [2.24, 2.45) is 7.05 Å². The molecular weight excluding hydrogens is 420 g/mol. The second kappa shape index (κ2) is 9.98. The molecule has 0 bridgehead atoms. The minimum absolute atomic E-state index is 0.0907. The summed E-state index contributed by atoms with van der Waals surface area (Å²) in [6, 6.07) is 12.1. The molecule has 0 spiro atoms. The molecule has 1 N–H and O–H groups in total. The Balaban J connectivity index is 1.70. The van der Waals surface area contributed by atoms with E-state index in [1.54, 1.807) is 49.1 Å². The lowest BCUT2D eigenvalue weighted by Gasteiger charge is -2.10. The molecule has 0 atom stereocenters. The zero-order chi connectivity index (χ0) is 22.4. The highest BCUT2D eigenvalue weighted by Gasteiger charge is 2.17. The molecule has 1 aromatic heterocycles. The summed E-state index contributed by atoms with van der Waals surface area (Å²) in [6.07, 6.45) is 0. The average Bonchev–Trinajstić information content (AvgIpc) is 3.17.